The van der Waals surface area contributed by atoms with Crippen molar-refractivity contribution >= 4 is 57.8 Å². The van der Waals surface area contributed by atoms with Crippen LogP contribution in [0.4, 0.5) is 60.5 Å². The summed E-state index contributed by atoms with van der Waals surface area (Å²) in [7, 11) is 0. The molecule has 0 bridgehead atoms. The highest BCUT2D eigenvalue weighted by atomic mass is 19.4. The molecule has 0 spiro atoms. The zero-order valence-corrected chi connectivity index (χ0v) is 32.6. The molecular weight excluding hydrogens is 846 g/mol. The maximum atomic E-state index is 12.3. The van der Waals surface area contributed by atoms with Gasteiger partial charge in [-0.2, -0.15) is 26.3 Å². The first kappa shape index (κ1) is 49.0. The maximum absolute atomic E-state index is 12.3. The number of ether oxygens (including phenoxy) is 2. The Kier molecular flexibility index (Phi) is 15.7. The van der Waals surface area contributed by atoms with Crippen LogP contribution in [-0.2, 0) is 19.2 Å². The van der Waals surface area contributed by atoms with Gasteiger partial charge in [-0.25, -0.2) is 0 Å². The molecule has 0 aliphatic rings. The summed E-state index contributed by atoms with van der Waals surface area (Å²) >= 11 is 0. The first-order valence-corrected chi connectivity index (χ1v) is 17.4. The molecule has 0 heterocycles. The minimum Gasteiger partial charge on any atom is -0.490 e. The number of carbonyl (C=O) groups excluding carboxylic acids is 4. The predicted molar refractivity (Wildman–Crippen MR) is 207 cm³/mol. The fourth-order valence-electron chi connectivity index (χ4n) is 4.66. The van der Waals surface area contributed by atoms with Crippen molar-refractivity contribution in [3.05, 3.63) is 116 Å². The minimum absolute atomic E-state index is 0.118. The van der Waals surface area contributed by atoms with Crippen LogP contribution in [-0.4, -0.2) is 80.5 Å². The van der Waals surface area contributed by atoms with Gasteiger partial charge in [0.05, 0.1) is 9.85 Å². The summed E-state index contributed by atoms with van der Waals surface area (Å²) < 4.78 is 84.0. The van der Waals surface area contributed by atoms with Gasteiger partial charge in [0.2, 0.25) is 0 Å². The standard InChI is InChI=1S/2C19H18F3N3O6/c2*1-11-9-13(5-8-15(11)25(29)30)24-16(26)18(2,28)10-31-14-6-3-12(4-7-14)23-17(27)19(20,21)22/h2*3-9,28H,10H2,1-2H3,(H,23,27)(H,24,26). The largest absolute Gasteiger partial charge is 0.490 e. The van der Waals surface area contributed by atoms with Gasteiger partial charge in [0.15, 0.2) is 11.2 Å². The second-order valence-corrected chi connectivity index (χ2v) is 13.5. The lowest BCUT2D eigenvalue weighted by atomic mass is 10.1. The number of benzene rings is 4. The summed E-state index contributed by atoms with van der Waals surface area (Å²) in [4.78, 5) is 67.0. The molecule has 0 radical (unpaired) electrons. The number of nitrogens with zero attached hydrogens (tertiary/aromatic N) is 2. The molecule has 0 saturated carbocycles. The Hall–Kier alpha value is -7.34. The molecule has 4 aromatic carbocycles. The van der Waals surface area contributed by atoms with Gasteiger partial charge in [0.1, 0.15) is 24.7 Å². The molecule has 4 aromatic rings. The number of aliphatic hydroxyl groups is 2. The number of rotatable bonds is 14. The van der Waals surface area contributed by atoms with E-state index in [0.717, 1.165) is 24.3 Å². The molecule has 4 amide bonds. The summed E-state index contributed by atoms with van der Waals surface area (Å²) in [6.07, 6.45) is -10.0. The summed E-state index contributed by atoms with van der Waals surface area (Å²) in [5.41, 5.74) is -3.38. The molecule has 0 aliphatic heterocycles. The number of nitrogens with one attached hydrogen (secondary N) is 4. The average molecular weight is 883 g/mol. The molecule has 6 N–H and O–H groups in total. The van der Waals surface area contributed by atoms with E-state index in [4.69, 9.17) is 9.47 Å². The lowest BCUT2D eigenvalue weighted by Crippen LogP contribution is -2.45. The summed E-state index contributed by atoms with van der Waals surface area (Å²) in [5, 5.41) is 50.6. The van der Waals surface area contributed by atoms with Crippen LogP contribution >= 0.6 is 0 Å². The number of nitro groups is 2. The van der Waals surface area contributed by atoms with Gasteiger partial charge in [0, 0.05) is 46.0 Å². The third-order valence-corrected chi connectivity index (χ3v) is 8.06. The first-order chi connectivity index (χ1) is 28.6. The van der Waals surface area contributed by atoms with Crippen molar-refractivity contribution in [3.63, 3.8) is 0 Å². The molecule has 0 saturated heterocycles. The number of hydrogen-bond acceptors (Lipinski definition) is 12. The van der Waals surface area contributed by atoms with E-state index in [1.165, 1.54) is 88.4 Å². The predicted octanol–water partition coefficient (Wildman–Crippen LogP) is 6.35. The average Bonchev–Trinajstić information content (AvgIpc) is 3.16. The topological polar surface area (TPSA) is 262 Å². The molecule has 62 heavy (non-hydrogen) atoms. The van der Waals surface area contributed by atoms with Gasteiger partial charge in [-0.1, -0.05) is 0 Å². The lowest BCUT2D eigenvalue weighted by Gasteiger charge is -2.22. The smallest absolute Gasteiger partial charge is 0.471 e. The molecule has 18 nitrogen and oxygen atoms in total. The Bertz CT molecular complexity index is 2140. The highest BCUT2D eigenvalue weighted by Gasteiger charge is 2.39. The number of aryl methyl sites for hydroxylation is 2. The number of carbonyl (C=O) groups is 4. The van der Waals surface area contributed by atoms with E-state index in [-0.39, 0.29) is 45.6 Å². The van der Waals surface area contributed by atoms with Crippen LogP contribution in [0.5, 0.6) is 11.5 Å². The number of hydrogen-bond donors (Lipinski definition) is 6. The SMILES string of the molecule is Cc1cc(NC(=O)C(C)(O)COc2ccc(NC(=O)C(F)(F)F)cc2)ccc1[N+](=O)[O-].Cc1cc(NC(=O)C(C)(O)COc2ccc(NC(=O)C(F)(F)F)cc2)ccc1[N+](=O)[O-]. The molecule has 2 unspecified atom stereocenters. The Morgan fingerprint density at radius 1 is 0.532 bits per heavy atom. The molecular formula is C38H36F6N6O12. The third-order valence-electron chi connectivity index (χ3n) is 8.06. The number of alkyl halides is 6. The second kappa shape index (κ2) is 19.8. The van der Waals surface area contributed by atoms with Gasteiger partial charge in [-0.3, -0.25) is 39.4 Å². The maximum Gasteiger partial charge on any atom is 0.471 e. The number of anilines is 4. The Morgan fingerprint density at radius 3 is 1.06 bits per heavy atom. The molecule has 0 aliphatic carbocycles. The van der Waals surface area contributed by atoms with Crippen LogP contribution < -0.4 is 30.7 Å². The van der Waals surface area contributed by atoms with Crippen molar-refractivity contribution in [1.29, 1.82) is 0 Å². The number of halogens is 6. The van der Waals surface area contributed by atoms with E-state index in [9.17, 15) is 76.0 Å². The van der Waals surface area contributed by atoms with E-state index in [1.54, 1.807) is 10.6 Å². The van der Waals surface area contributed by atoms with Crippen LogP contribution in [0.15, 0.2) is 84.9 Å². The van der Waals surface area contributed by atoms with Crippen molar-refractivity contribution in [2.45, 2.75) is 51.2 Å². The van der Waals surface area contributed by atoms with E-state index < -0.39 is 70.2 Å². The highest BCUT2D eigenvalue weighted by Crippen LogP contribution is 2.26. The fourth-order valence-corrected chi connectivity index (χ4v) is 4.66. The fraction of sp³-hybridized carbons (Fsp3) is 0.263. The van der Waals surface area contributed by atoms with Crippen LogP contribution in [0.1, 0.15) is 25.0 Å². The summed E-state index contributed by atoms with van der Waals surface area (Å²) in [6.45, 7) is 4.35. The summed E-state index contributed by atoms with van der Waals surface area (Å²) in [6, 6.07) is 17.5. The molecule has 4 rings (SSSR count). The van der Waals surface area contributed by atoms with Crippen LogP contribution in [0, 0.1) is 34.1 Å². The Labute approximate surface area is 346 Å². The Morgan fingerprint density at radius 2 is 0.806 bits per heavy atom. The second-order valence-electron chi connectivity index (χ2n) is 13.5. The van der Waals surface area contributed by atoms with Crippen molar-refractivity contribution in [3.8, 4) is 11.5 Å². The molecule has 0 fully saturated rings. The first-order valence-electron chi connectivity index (χ1n) is 17.4. The van der Waals surface area contributed by atoms with Crippen molar-refractivity contribution in [2.75, 3.05) is 34.5 Å². The molecule has 0 aromatic heterocycles. The molecule has 2 atom stereocenters. The van der Waals surface area contributed by atoms with E-state index in [2.05, 4.69) is 10.6 Å². The van der Waals surface area contributed by atoms with Gasteiger partial charge in [-0.05, 0) is 100 Å². The van der Waals surface area contributed by atoms with Crippen LogP contribution in [0.25, 0.3) is 0 Å². The number of amides is 4. The van der Waals surface area contributed by atoms with Crippen molar-refractivity contribution in [1.82, 2.24) is 0 Å². The van der Waals surface area contributed by atoms with Crippen molar-refractivity contribution in [2.24, 2.45) is 0 Å². The normalized spacial score (nSPS) is 13.1. The monoisotopic (exact) mass is 882 g/mol. The van der Waals surface area contributed by atoms with E-state index >= 15 is 0 Å². The zero-order chi connectivity index (χ0) is 46.8. The zero-order valence-electron chi connectivity index (χ0n) is 32.6. The van der Waals surface area contributed by atoms with Crippen molar-refractivity contribution < 1.29 is 75.1 Å². The summed E-state index contributed by atoms with van der Waals surface area (Å²) in [5.74, 6) is -5.66. The molecule has 24 heteroatoms. The van der Waals surface area contributed by atoms with Crippen LogP contribution in [0.2, 0.25) is 0 Å². The van der Waals surface area contributed by atoms with Crippen LogP contribution in [0.3, 0.4) is 0 Å². The lowest BCUT2D eigenvalue weighted by molar-refractivity contribution is -0.385. The number of nitro benzene ring substituents is 2. The third kappa shape index (κ3) is 14.4. The van der Waals surface area contributed by atoms with Gasteiger partial charge in [-0.15, -0.1) is 0 Å². The van der Waals surface area contributed by atoms with Gasteiger partial charge >= 0.3 is 24.2 Å². The Balaban J connectivity index is 0.000000330. The molecule has 332 valence electrons. The highest BCUT2D eigenvalue weighted by molar-refractivity contribution is 5.98. The minimum atomic E-state index is -5.02. The van der Waals surface area contributed by atoms with E-state index in [0.29, 0.717) is 11.1 Å². The van der Waals surface area contributed by atoms with Gasteiger partial charge in [0.25, 0.3) is 23.2 Å². The van der Waals surface area contributed by atoms with Gasteiger partial charge < -0.3 is 41.0 Å². The quantitative estimate of drug-likeness (QED) is 0.0460. The van der Waals surface area contributed by atoms with E-state index in [1.807, 2.05) is 0 Å².